The molecule has 5 nitrogen and oxygen atoms in total. The van der Waals surface area contributed by atoms with Crippen LogP contribution in [0, 0.1) is 13.8 Å². The number of benzene rings is 1. The third-order valence-corrected chi connectivity index (χ3v) is 3.67. The van der Waals surface area contributed by atoms with E-state index in [0.29, 0.717) is 13.1 Å². The topological polar surface area (TPSA) is 52.7 Å². The van der Waals surface area contributed by atoms with Crippen molar-refractivity contribution in [1.29, 1.82) is 0 Å². The highest BCUT2D eigenvalue weighted by Gasteiger charge is 2.21. The van der Waals surface area contributed by atoms with Crippen molar-refractivity contribution >= 4 is 17.5 Å². The quantitative estimate of drug-likeness (QED) is 0.856. The van der Waals surface area contributed by atoms with Crippen molar-refractivity contribution in [3.8, 4) is 0 Å². The van der Waals surface area contributed by atoms with Crippen LogP contribution in [0.2, 0.25) is 0 Å². The molecule has 2 rings (SSSR count). The first kappa shape index (κ1) is 15.5. The third kappa shape index (κ3) is 4.56. The molecule has 21 heavy (non-hydrogen) atoms. The smallest absolute Gasteiger partial charge is 0.233 e. The fraction of sp³-hybridized carbons (Fsp3) is 0.500. The van der Waals surface area contributed by atoms with Crippen molar-refractivity contribution in [3.05, 3.63) is 29.3 Å². The van der Waals surface area contributed by atoms with Gasteiger partial charge >= 0.3 is 0 Å². The van der Waals surface area contributed by atoms with Gasteiger partial charge in [0.1, 0.15) is 6.42 Å². The number of carbonyl (C=O) groups is 2. The number of rotatable bonds is 3. The molecule has 1 aromatic rings. The van der Waals surface area contributed by atoms with Crippen LogP contribution in [-0.2, 0) is 9.59 Å². The maximum atomic E-state index is 12.1. The van der Waals surface area contributed by atoms with Gasteiger partial charge in [-0.15, -0.1) is 0 Å². The van der Waals surface area contributed by atoms with Gasteiger partial charge in [-0.05, 0) is 44.2 Å². The number of hydrogen-bond acceptors (Lipinski definition) is 3. The molecule has 0 atom stereocenters. The van der Waals surface area contributed by atoms with E-state index >= 15 is 0 Å². The molecule has 0 aromatic heterocycles. The molecule has 1 fully saturated rings. The minimum atomic E-state index is -0.246. The normalized spacial score (nSPS) is 15.9. The van der Waals surface area contributed by atoms with Crippen LogP contribution in [0.5, 0.6) is 0 Å². The van der Waals surface area contributed by atoms with Crippen LogP contribution in [0.25, 0.3) is 0 Å². The molecule has 1 aromatic carbocycles. The second-order valence-corrected chi connectivity index (χ2v) is 5.79. The maximum absolute atomic E-state index is 12.1. The number of nitrogens with zero attached hydrogens (tertiary/aromatic N) is 2. The zero-order valence-electron chi connectivity index (χ0n) is 13.0. The number of hydrogen-bond donors (Lipinski definition) is 1. The van der Waals surface area contributed by atoms with E-state index < -0.39 is 0 Å². The molecule has 114 valence electrons. The summed E-state index contributed by atoms with van der Waals surface area (Å²) in [5, 5.41) is 2.81. The lowest BCUT2D eigenvalue weighted by Gasteiger charge is -2.32. The first-order valence-electron chi connectivity index (χ1n) is 7.28. The van der Waals surface area contributed by atoms with Crippen LogP contribution in [0.4, 0.5) is 5.69 Å². The molecule has 1 heterocycles. The van der Waals surface area contributed by atoms with Crippen LogP contribution in [0.15, 0.2) is 18.2 Å². The largest absolute Gasteiger partial charge is 0.340 e. The predicted molar refractivity (Wildman–Crippen MR) is 83.2 cm³/mol. The number of piperazine rings is 1. The molecule has 0 aliphatic carbocycles. The summed E-state index contributed by atoms with van der Waals surface area (Å²) in [7, 11) is 2.04. The molecule has 0 spiro atoms. The Kier molecular flexibility index (Phi) is 4.96. The summed E-state index contributed by atoms with van der Waals surface area (Å²) in [5.74, 6) is -0.339. The second-order valence-electron chi connectivity index (χ2n) is 5.79. The zero-order chi connectivity index (χ0) is 15.4. The standard InChI is InChI=1S/C16H23N3O2/c1-12-8-13(2)10-14(9-12)17-15(20)11-16(21)19-6-4-18(3)5-7-19/h8-10H,4-7,11H2,1-3H3,(H,17,20). The Hall–Kier alpha value is -1.88. The molecule has 2 amide bonds. The number of nitrogens with one attached hydrogen (secondary N) is 1. The molecule has 0 radical (unpaired) electrons. The van der Waals surface area contributed by atoms with Gasteiger partial charge in [-0.2, -0.15) is 0 Å². The van der Waals surface area contributed by atoms with Crippen molar-refractivity contribution in [1.82, 2.24) is 9.80 Å². The van der Waals surface area contributed by atoms with Gasteiger partial charge in [0, 0.05) is 31.9 Å². The van der Waals surface area contributed by atoms with Gasteiger partial charge in [0.2, 0.25) is 11.8 Å². The van der Waals surface area contributed by atoms with E-state index in [2.05, 4.69) is 10.2 Å². The van der Waals surface area contributed by atoms with Crippen molar-refractivity contribution in [2.45, 2.75) is 20.3 Å². The van der Waals surface area contributed by atoms with Crippen LogP contribution in [0.3, 0.4) is 0 Å². The Labute approximate surface area is 125 Å². The molecule has 5 heteroatoms. The van der Waals surface area contributed by atoms with Crippen molar-refractivity contribution < 1.29 is 9.59 Å². The van der Waals surface area contributed by atoms with E-state index in [4.69, 9.17) is 0 Å². The molecule has 1 N–H and O–H groups in total. The van der Waals surface area contributed by atoms with E-state index in [1.54, 1.807) is 4.90 Å². The van der Waals surface area contributed by atoms with Crippen LogP contribution in [-0.4, -0.2) is 54.8 Å². The highest BCUT2D eigenvalue weighted by atomic mass is 16.2. The maximum Gasteiger partial charge on any atom is 0.233 e. The van der Waals surface area contributed by atoms with E-state index in [1.807, 2.05) is 39.1 Å². The van der Waals surface area contributed by atoms with Crippen molar-refractivity contribution in [3.63, 3.8) is 0 Å². The Balaban J connectivity index is 1.88. The first-order chi connectivity index (χ1) is 9.94. The molecule has 0 unspecified atom stereocenters. The number of aryl methyl sites for hydroxylation is 2. The van der Waals surface area contributed by atoms with E-state index in [9.17, 15) is 9.59 Å². The average Bonchev–Trinajstić information content (AvgIpc) is 2.37. The van der Waals surface area contributed by atoms with Gasteiger partial charge in [0.15, 0.2) is 0 Å². The van der Waals surface area contributed by atoms with Gasteiger partial charge in [0.05, 0.1) is 0 Å². The van der Waals surface area contributed by atoms with Crippen LogP contribution >= 0.6 is 0 Å². The minimum absolute atomic E-state index is 0.0866. The lowest BCUT2D eigenvalue weighted by molar-refractivity contribution is -0.135. The van der Waals surface area contributed by atoms with Crippen LogP contribution in [0.1, 0.15) is 17.5 Å². The lowest BCUT2D eigenvalue weighted by atomic mass is 10.1. The Morgan fingerprint density at radius 1 is 1.05 bits per heavy atom. The molecular formula is C16H23N3O2. The summed E-state index contributed by atoms with van der Waals surface area (Å²) < 4.78 is 0. The van der Waals surface area contributed by atoms with Gasteiger partial charge in [0.25, 0.3) is 0 Å². The third-order valence-electron chi connectivity index (χ3n) is 3.67. The summed E-state index contributed by atoms with van der Waals surface area (Å²) in [5.41, 5.74) is 2.94. The summed E-state index contributed by atoms with van der Waals surface area (Å²) >= 11 is 0. The molecular weight excluding hydrogens is 266 g/mol. The monoisotopic (exact) mass is 289 g/mol. The Morgan fingerprint density at radius 2 is 1.62 bits per heavy atom. The summed E-state index contributed by atoms with van der Waals surface area (Å²) in [6, 6.07) is 5.86. The van der Waals surface area contributed by atoms with Gasteiger partial charge in [-0.25, -0.2) is 0 Å². The van der Waals surface area contributed by atoms with Crippen molar-refractivity contribution in [2.24, 2.45) is 0 Å². The molecule has 0 saturated carbocycles. The van der Waals surface area contributed by atoms with Gasteiger partial charge in [-0.3, -0.25) is 9.59 Å². The second kappa shape index (κ2) is 6.72. The minimum Gasteiger partial charge on any atom is -0.340 e. The highest BCUT2D eigenvalue weighted by Crippen LogP contribution is 2.14. The Morgan fingerprint density at radius 3 is 2.19 bits per heavy atom. The molecule has 1 saturated heterocycles. The lowest BCUT2D eigenvalue weighted by Crippen LogP contribution is -2.47. The average molecular weight is 289 g/mol. The summed E-state index contributed by atoms with van der Waals surface area (Å²) in [4.78, 5) is 28.0. The van der Waals surface area contributed by atoms with E-state index in [1.165, 1.54) is 0 Å². The zero-order valence-corrected chi connectivity index (χ0v) is 13.0. The summed E-state index contributed by atoms with van der Waals surface area (Å²) in [6.07, 6.45) is -0.0866. The fourth-order valence-corrected chi connectivity index (χ4v) is 2.56. The van der Waals surface area contributed by atoms with Gasteiger partial charge < -0.3 is 15.1 Å². The Bertz CT molecular complexity index is 514. The van der Waals surface area contributed by atoms with E-state index in [0.717, 1.165) is 29.9 Å². The SMILES string of the molecule is Cc1cc(C)cc(NC(=O)CC(=O)N2CCN(C)CC2)c1. The first-order valence-corrected chi connectivity index (χ1v) is 7.28. The predicted octanol–water partition coefficient (Wildman–Crippen LogP) is 1.41. The number of likely N-dealkylation sites (N-methyl/N-ethyl adjacent to an activating group) is 1. The molecule has 1 aliphatic heterocycles. The number of anilines is 1. The number of carbonyl (C=O) groups excluding carboxylic acids is 2. The van der Waals surface area contributed by atoms with Gasteiger partial charge in [-0.1, -0.05) is 6.07 Å². The number of amides is 2. The summed E-state index contributed by atoms with van der Waals surface area (Å²) in [6.45, 7) is 7.10. The molecule has 0 bridgehead atoms. The van der Waals surface area contributed by atoms with Crippen LogP contribution < -0.4 is 5.32 Å². The van der Waals surface area contributed by atoms with Crippen molar-refractivity contribution in [2.75, 3.05) is 38.5 Å². The fourth-order valence-electron chi connectivity index (χ4n) is 2.56. The highest BCUT2D eigenvalue weighted by molar-refractivity contribution is 6.03. The molecule has 1 aliphatic rings. The van der Waals surface area contributed by atoms with E-state index in [-0.39, 0.29) is 18.2 Å².